The van der Waals surface area contributed by atoms with Crippen LogP contribution in [-0.2, 0) is 4.79 Å². The Labute approximate surface area is 137 Å². The van der Waals surface area contributed by atoms with Crippen LogP contribution in [-0.4, -0.2) is 24.4 Å². The predicted octanol–water partition coefficient (Wildman–Crippen LogP) is 3.01. The second-order valence-electron chi connectivity index (χ2n) is 5.37. The van der Waals surface area contributed by atoms with Gasteiger partial charge in [-0.3, -0.25) is 9.59 Å². The van der Waals surface area contributed by atoms with E-state index in [-0.39, 0.29) is 24.3 Å². The number of carbonyl (C=O) groups is 2. The summed E-state index contributed by atoms with van der Waals surface area (Å²) in [4.78, 5) is 25.8. The van der Waals surface area contributed by atoms with Gasteiger partial charge in [0.05, 0.1) is 6.04 Å². The minimum absolute atomic E-state index is 0.146. The zero-order valence-electron chi connectivity index (χ0n) is 12.1. The van der Waals surface area contributed by atoms with Gasteiger partial charge < -0.3 is 10.2 Å². The molecule has 1 aliphatic heterocycles. The van der Waals surface area contributed by atoms with Gasteiger partial charge in [-0.05, 0) is 36.4 Å². The summed E-state index contributed by atoms with van der Waals surface area (Å²) in [6.07, 6.45) is 0.183. The van der Waals surface area contributed by atoms with E-state index in [9.17, 15) is 14.0 Å². The van der Waals surface area contributed by atoms with Crippen LogP contribution >= 0.6 is 11.6 Å². The largest absolute Gasteiger partial charge is 0.347 e. The third-order valence-corrected chi connectivity index (χ3v) is 3.90. The summed E-state index contributed by atoms with van der Waals surface area (Å²) < 4.78 is 13.3. The summed E-state index contributed by atoms with van der Waals surface area (Å²) in [7, 11) is 0. The fourth-order valence-electron chi connectivity index (χ4n) is 2.60. The number of anilines is 1. The molecule has 118 valence electrons. The first-order valence-corrected chi connectivity index (χ1v) is 7.53. The van der Waals surface area contributed by atoms with Crippen molar-refractivity contribution in [1.29, 1.82) is 0 Å². The van der Waals surface area contributed by atoms with Crippen molar-refractivity contribution in [3.63, 3.8) is 0 Å². The second-order valence-corrected chi connectivity index (χ2v) is 5.81. The first kappa shape index (κ1) is 15.5. The van der Waals surface area contributed by atoms with Crippen molar-refractivity contribution < 1.29 is 14.0 Å². The lowest BCUT2D eigenvalue weighted by molar-refractivity contribution is -0.117. The molecule has 1 atom stereocenters. The number of benzene rings is 2. The van der Waals surface area contributed by atoms with Gasteiger partial charge in [-0.25, -0.2) is 4.39 Å². The van der Waals surface area contributed by atoms with Gasteiger partial charge in [0.2, 0.25) is 5.91 Å². The zero-order valence-corrected chi connectivity index (χ0v) is 12.9. The molecule has 1 aliphatic rings. The zero-order chi connectivity index (χ0) is 16.4. The summed E-state index contributed by atoms with van der Waals surface area (Å²) in [5.41, 5.74) is 0.934. The van der Waals surface area contributed by atoms with Crippen molar-refractivity contribution in [2.75, 3.05) is 11.4 Å². The van der Waals surface area contributed by atoms with Crippen LogP contribution in [0.2, 0.25) is 5.02 Å². The molecule has 0 bridgehead atoms. The summed E-state index contributed by atoms with van der Waals surface area (Å²) in [6.45, 7) is 0.314. The molecular weight excluding hydrogens is 319 g/mol. The SMILES string of the molecule is O=C(N[C@H]1CC(=O)N(c2cccc(F)c2)C1)c1cccc(Cl)c1. The van der Waals surface area contributed by atoms with E-state index in [1.165, 1.54) is 17.0 Å². The van der Waals surface area contributed by atoms with E-state index in [4.69, 9.17) is 11.6 Å². The van der Waals surface area contributed by atoms with E-state index in [1.54, 1.807) is 36.4 Å². The average molecular weight is 333 g/mol. The van der Waals surface area contributed by atoms with Crippen LogP contribution in [0.15, 0.2) is 48.5 Å². The maximum Gasteiger partial charge on any atom is 0.251 e. The lowest BCUT2D eigenvalue weighted by Gasteiger charge is -2.17. The Morgan fingerprint density at radius 1 is 1.22 bits per heavy atom. The molecule has 0 unspecified atom stereocenters. The van der Waals surface area contributed by atoms with Crippen molar-refractivity contribution in [2.24, 2.45) is 0 Å². The Hall–Kier alpha value is -2.40. The van der Waals surface area contributed by atoms with Crippen molar-refractivity contribution in [2.45, 2.75) is 12.5 Å². The Morgan fingerprint density at radius 3 is 2.74 bits per heavy atom. The number of hydrogen-bond acceptors (Lipinski definition) is 2. The lowest BCUT2D eigenvalue weighted by Crippen LogP contribution is -2.37. The number of nitrogens with zero attached hydrogens (tertiary/aromatic N) is 1. The Kier molecular flexibility index (Phi) is 4.30. The van der Waals surface area contributed by atoms with Crippen LogP contribution in [0.5, 0.6) is 0 Å². The number of halogens is 2. The standard InChI is InChI=1S/C17H14ClFN2O2/c18-12-4-1-3-11(7-12)17(23)20-14-9-16(22)21(10-14)15-6-2-5-13(19)8-15/h1-8,14H,9-10H2,(H,20,23)/t14-/m0/s1. The Bertz CT molecular complexity index is 766. The molecule has 1 fully saturated rings. The van der Waals surface area contributed by atoms with E-state index in [1.807, 2.05) is 0 Å². The number of hydrogen-bond donors (Lipinski definition) is 1. The summed E-state index contributed by atoms with van der Waals surface area (Å²) in [5.74, 6) is -0.833. The molecular formula is C17H14ClFN2O2. The number of rotatable bonds is 3. The molecule has 2 amide bonds. The van der Waals surface area contributed by atoms with Gasteiger partial charge in [0.15, 0.2) is 0 Å². The minimum Gasteiger partial charge on any atom is -0.347 e. The van der Waals surface area contributed by atoms with Crippen LogP contribution in [0.4, 0.5) is 10.1 Å². The highest BCUT2D eigenvalue weighted by molar-refractivity contribution is 6.30. The monoisotopic (exact) mass is 332 g/mol. The normalized spacial score (nSPS) is 17.4. The van der Waals surface area contributed by atoms with Gasteiger partial charge in [-0.15, -0.1) is 0 Å². The Balaban J connectivity index is 1.69. The maximum absolute atomic E-state index is 13.3. The third kappa shape index (κ3) is 3.51. The molecule has 2 aromatic carbocycles. The molecule has 0 aromatic heterocycles. The van der Waals surface area contributed by atoms with Gasteiger partial charge in [0, 0.05) is 29.2 Å². The molecule has 4 nitrogen and oxygen atoms in total. The van der Waals surface area contributed by atoms with Crippen molar-refractivity contribution in [3.8, 4) is 0 Å². The van der Waals surface area contributed by atoms with Gasteiger partial charge in [0.25, 0.3) is 5.91 Å². The van der Waals surface area contributed by atoms with E-state index < -0.39 is 5.82 Å². The highest BCUT2D eigenvalue weighted by Crippen LogP contribution is 2.22. The van der Waals surface area contributed by atoms with Gasteiger partial charge in [-0.2, -0.15) is 0 Å². The minimum atomic E-state index is -0.401. The molecule has 3 rings (SSSR count). The molecule has 6 heteroatoms. The molecule has 0 spiro atoms. The highest BCUT2D eigenvalue weighted by atomic mass is 35.5. The number of nitrogens with one attached hydrogen (secondary N) is 1. The van der Waals surface area contributed by atoms with Crippen molar-refractivity contribution in [3.05, 3.63) is 64.9 Å². The van der Waals surface area contributed by atoms with Crippen LogP contribution < -0.4 is 10.2 Å². The van der Waals surface area contributed by atoms with E-state index in [2.05, 4.69) is 5.32 Å². The van der Waals surface area contributed by atoms with Gasteiger partial charge in [0.1, 0.15) is 5.82 Å². The molecule has 0 radical (unpaired) electrons. The molecule has 0 aliphatic carbocycles. The number of carbonyl (C=O) groups excluding carboxylic acids is 2. The van der Waals surface area contributed by atoms with Crippen molar-refractivity contribution >= 4 is 29.1 Å². The smallest absolute Gasteiger partial charge is 0.251 e. The first-order chi connectivity index (χ1) is 11.0. The summed E-state index contributed by atoms with van der Waals surface area (Å²) >= 11 is 5.87. The van der Waals surface area contributed by atoms with Crippen molar-refractivity contribution in [1.82, 2.24) is 5.32 Å². The van der Waals surface area contributed by atoms with Crippen LogP contribution in [0.3, 0.4) is 0 Å². The molecule has 1 saturated heterocycles. The van der Waals surface area contributed by atoms with Crippen LogP contribution in [0, 0.1) is 5.82 Å². The lowest BCUT2D eigenvalue weighted by atomic mass is 10.2. The molecule has 1 N–H and O–H groups in total. The topological polar surface area (TPSA) is 49.4 Å². The second kappa shape index (κ2) is 6.38. The summed E-state index contributed by atoms with van der Waals surface area (Å²) in [6, 6.07) is 12.1. The fraction of sp³-hybridized carbons (Fsp3) is 0.176. The molecule has 23 heavy (non-hydrogen) atoms. The highest BCUT2D eigenvalue weighted by Gasteiger charge is 2.31. The first-order valence-electron chi connectivity index (χ1n) is 7.15. The molecule has 0 saturated carbocycles. The molecule has 2 aromatic rings. The van der Waals surface area contributed by atoms with Gasteiger partial charge >= 0.3 is 0 Å². The quantitative estimate of drug-likeness (QED) is 0.939. The van der Waals surface area contributed by atoms with E-state index >= 15 is 0 Å². The maximum atomic E-state index is 13.3. The van der Waals surface area contributed by atoms with Crippen LogP contribution in [0.1, 0.15) is 16.8 Å². The van der Waals surface area contributed by atoms with E-state index in [0.29, 0.717) is 22.8 Å². The van der Waals surface area contributed by atoms with E-state index in [0.717, 1.165) is 0 Å². The molecule has 1 heterocycles. The third-order valence-electron chi connectivity index (χ3n) is 3.67. The fourth-order valence-corrected chi connectivity index (χ4v) is 2.79. The number of amides is 2. The van der Waals surface area contributed by atoms with Gasteiger partial charge in [-0.1, -0.05) is 23.7 Å². The predicted molar refractivity (Wildman–Crippen MR) is 86.1 cm³/mol. The Morgan fingerprint density at radius 2 is 2.00 bits per heavy atom. The van der Waals surface area contributed by atoms with Crippen LogP contribution in [0.25, 0.3) is 0 Å². The summed E-state index contributed by atoms with van der Waals surface area (Å²) in [5, 5.41) is 3.29. The average Bonchev–Trinajstić information content (AvgIpc) is 2.88.